The van der Waals surface area contributed by atoms with Gasteiger partial charge in [0.1, 0.15) is 6.54 Å². The minimum absolute atomic E-state index is 0.778. The summed E-state index contributed by atoms with van der Waals surface area (Å²) in [6.07, 6.45) is 4.26. The molecule has 16 heteroatoms. The third-order valence-electron chi connectivity index (χ3n) is 5.65. The first-order chi connectivity index (χ1) is 14.3. The lowest BCUT2D eigenvalue weighted by molar-refractivity contribution is -0.914. The molecule has 0 saturated carbocycles. The maximum atomic E-state index is 11.4. The van der Waals surface area contributed by atoms with Gasteiger partial charge < -0.3 is 13.0 Å². The summed E-state index contributed by atoms with van der Waals surface area (Å²) >= 11 is 0. The first-order valence-electron chi connectivity index (χ1n) is 10.1. The summed E-state index contributed by atoms with van der Waals surface area (Å²) in [6, 6.07) is 3.84. The van der Waals surface area contributed by atoms with Gasteiger partial charge in [-0.3, -0.25) is 0 Å². The van der Waals surface area contributed by atoms with Gasteiger partial charge in [0.15, 0.2) is 28.4 Å². The maximum absolute atomic E-state index is 11.4. The molecule has 0 amide bonds. The first-order valence-corrected chi connectivity index (χ1v) is 15.6. The van der Waals surface area contributed by atoms with Crippen LogP contribution in [0.3, 0.4) is 0 Å². The summed E-state index contributed by atoms with van der Waals surface area (Å²) in [6.45, 7) is 11.9. The third kappa shape index (κ3) is 9.44. The first kappa shape index (κ1) is 31.6. The summed E-state index contributed by atoms with van der Waals surface area (Å²) in [5, 5.41) is 0. The van der Waals surface area contributed by atoms with Gasteiger partial charge in [0.2, 0.25) is 0 Å². The predicted octanol–water partition coefficient (Wildman–Crippen LogP) is 4.70. The van der Waals surface area contributed by atoms with E-state index in [2.05, 4.69) is 27.8 Å². The van der Waals surface area contributed by atoms with Crippen LogP contribution in [0.25, 0.3) is 4.13 Å². The second-order valence-electron chi connectivity index (χ2n) is 7.86. The van der Waals surface area contributed by atoms with Crippen LogP contribution in [0.15, 0.2) is 0 Å². The van der Waals surface area contributed by atoms with Crippen LogP contribution < -0.4 is 0 Å². The molecule has 0 spiro atoms. The van der Waals surface area contributed by atoms with E-state index in [1.807, 2.05) is 0 Å². The van der Waals surface area contributed by atoms with Gasteiger partial charge in [-0.25, -0.2) is 16.8 Å². The van der Waals surface area contributed by atoms with Crippen LogP contribution in [0, 0.1) is 0 Å². The van der Waals surface area contributed by atoms with E-state index in [9.17, 15) is 43.2 Å². The van der Waals surface area contributed by atoms with E-state index in [-0.39, 0.29) is 0 Å². The number of rotatable bonds is 9. The molecule has 1 aliphatic heterocycles. The Hall–Kier alpha value is -0.423. The standard InChI is InChI=1S/C14H32NOSi.C2F6NO4S2/c1-5-17(6-2,7-3)16-14-13-15(4)11-9-8-10-12-15;3-1(4,5)14(10,11)9-15(12,13)2(6,7)8/h5-14H2,1-4H3;/q+1;-1. The Morgan fingerprint density at radius 3 is 1.50 bits per heavy atom. The fraction of sp³-hybridized carbons (Fsp3) is 1.00. The Morgan fingerprint density at radius 1 is 0.812 bits per heavy atom. The van der Waals surface area contributed by atoms with Gasteiger partial charge in [0.05, 0.1) is 26.7 Å². The Labute approximate surface area is 187 Å². The number of likely N-dealkylation sites (N-methyl/N-ethyl adjacent to an activating group) is 1. The molecule has 0 aromatic heterocycles. The summed E-state index contributed by atoms with van der Waals surface area (Å²) in [4.78, 5) is 0. The zero-order valence-corrected chi connectivity index (χ0v) is 21.2. The van der Waals surface area contributed by atoms with Gasteiger partial charge >= 0.3 is 11.0 Å². The van der Waals surface area contributed by atoms with Crippen molar-refractivity contribution >= 4 is 28.4 Å². The van der Waals surface area contributed by atoms with E-state index in [1.54, 1.807) is 0 Å². The van der Waals surface area contributed by atoms with E-state index in [4.69, 9.17) is 4.43 Å². The average molecular weight is 539 g/mol. The van der Waals surface area contributed by atoms with Crippen molar-refractivity contribution in [2.45, 2.75) is 69.2 Å². The van der Waals surface area contributed by atoms with E-state index >= 15 is 0 Å². The molecular formula is C16H32F6N2O5S2Si. The van der Waals surface area contributed by atoms with E-state index in [0.29, 0.717) is 0 Å². The van der Waals surface area contributed by atoms with Crippen LogP contribution in [0.2, 0.25) is 18.1 Å². The number of nitrogens with zero attached hydrogens (tertiary/aromatic N) is 2. The minimum Gasteiger partial charge on any atom is -0.421 e. The van der Waals surface area contributed by atoms with Crippen LogP contribution >= 0.6 is 0 Å². The number of likely N-dealkylation sites (tertiary alicyclic amines) is 1. The molecule has 1 rings (SSSR count). The van der Waals surface area contributed by atoms with Crippen LogP contribution in [0.1, 0.15) is 40.0 Å². The molecule has 0 unspecified atom stereocenters. The molecule has 0 radical (unpaired) electrons. The van der Waals surface area contributed by atoms with Crippen molar-refractivity contribution < 1.29 is 52.1 Å². The molecule has 1 saturated heterocycles. The number of hydrogen-bond donors (Lipinski definition) is 0. The highest BCUT2D eigenvalue weighted by molar-refractivity contribution is 8.13. The second-order valence-corrected chi connectivity index (χ2v) is 16.1. The number of piperidine rings is 1. The van der Waals surface area contributed by atoms with Crippen LogP contribution in [0.4, 0.5) is 26.3 Å². The SMILES string of the molecule is CC[Si](CC)(CC)OCC[N+]1(C)CCCCC1.O=S(=O)([N-]S(=O)(=O)C(F)(F)F)C(F)(F)F. The second kappa shape index (κ2) is 11.8. The quantitative estimate of drug-likeness (QED) is 0.241. The highest BCUT2D eigenvalue weighted by atomic mass is 32.3. The van der Waals surface area contributed by atoms with Gasteiger partial charge in [-0.1, -0.05) is 20.8 Å². The molecule has 0 aromatic carbocycles. The van der Waals surface area contributed by atoms with Gasteiger partial charge in [0, 0.05) is 0 Å². The maximum Gasteiger partial charge on any atom is 0.480 e. The highest BCUT2D eigenvalue weighted by Gasteiger charge is 2.47. The van der Waals surface area contributed by atoms with Gasteiger partial charge in [-0.2, -0.15) is 26.3 Å². The predicted molar refractivity (Wildman–Crippen MR) is 111 cm³/mol. The molecule has 0 aliphatic carbocycles. The van der Waals surface area contributed by atoms with E-state index in [0.717, 1.165) is 10.7 Å². The van der Waals surface area contributed by atoms with Gasteiger partial charge in [-0.15, -0.1) is 0 Å². The van der Waals surface area contributed by atoms with Crippen molar-refractivity contribution in [3.63, 3.8) is 0 Å². The lowest BCUT2D eigenvalue weighted by atomic mass is 10.1. The molecule has 194 valence electrons. The lowest BCUT2D eigenvalue weighted by Gasteiger charge is -2.39. The number of sulfonamides is 2. The molecule has 0 N–H and O–H groups in total. The van der Waals surface area contributed by atoms with Gasteiger partial charge in [0.25, 0.3) is 0 Å². The molecule has 7 nitrogen and oxygen atoms in total. The third-order valence-corrected chi connectivity index (χ3v) is 13.1. The lowest BCUT2D eigenvalue weighted by Crippen LogP contribution is -2.51. The monoisotopic (exact) mass is 538 g/mol. The fourth-order valence-corrected chi connectivity index (χ4v) is 7.60. The van der Waals surface area contributed by atoms with Crippen LogP contribution in [0.5, 0.6) is 0 Å². The van der Waals surface area contributed by atoms with Crippen LogP contribution in [-0.4, -0.2) is 73.9 Å². The van der Waals surface area contributed by atoms with E-state index in [1.165, 1.54) is 61.5 Å². The Bertz CT molecular complexity index is 727. The van der Waals surface area contributed by atoms with Crippen molar-refractivity contribution in [1.29, 1.82) is 0 Å². The molecule has 0 atom stereocenters. The Morgan fingerprint density at radius 2 is 1.19 bits per heavy atom. The summed E-state index contributed by atoms with van der Waals surface area (Å²) < 4.78 is 117. The molecule has 1 aliphatic rings. The van der Waals surface area contributed by atoms with Crippen molar-refractivity contribution in [2.75, 3.05) is 33.3 Å². The molecule has 32 heavy (non-hydrogen) atoms. The Balaban J connectivity index is 0.000000607. The molecule has 0 bridgehead atoms. The van der Waals surface area contributed by atoms with Crippen molar-refractivity contribution in [3.8, 4) is 0 Å². The molecule has 0 aromatic rings. The summed E-state index contributed by atoms with van der Waals surface area (Å²) in [5.41, 5.74) is -12.4. The van der Waals surface area contributed by atoms with Crippen molar-refractivity contribution in [3.05, 3.63) is 4.13 Å². The zero-order valence-electron chi connectivity index (χ0n) is 18.6. The molecule has 1 fully saturated rings. The smallest absolute Gasteiger partial charge is 0.421 e. The summed E-state index contributed by atoms with van der Waals surface area (Å²) in [5.74, 6) is 0. The average Bonchev–Trinajstić information content (AvgIpc) is 2.64. The fourth-order valence-electron chi connectivity index (χ4n) is 3.25. The number of quaternary nitrogens is 1. The molecular weight excluding hydrogens is 506 g/mol. The minimum atomic E-state index is -6.72. The van der Waals surface area contributed by atoms with Crippen molar-refractivity contribution in [2.24, 2.45) is 0 Å². The number of alkyl halides is 6. The molecule has 1 heterocycles. The Kier molecular flexibility index (Phi) is 11.7. The van der Waals surface area contributed by atoms with Crippen molar-refractivity contribution in [1.82, 2.24) is 0 Å². The topological polar surface area (TPSA) is 91.6 Å². The summed E-state index contributed by atoms with van der Waals surface area (Å²) in [7, 11) is -12.4. The number of hydrogen-bond acceptors (Lipinski definition) is 5. The number of halogens is 6. The van der Waals surface area contributed by atoms with E-state index < -0.39 is 39.4 Å². The normalized spacial score (nSPS) is 18.1. The van der Waals surface area contributed by atoms with Crippen LogP contribution in [-0.2, 0) is 24.5 Å². The van der Waals surface area contributed by atoms with Gasteiger partial charge in [-0.05, 0) is 37.4 Å². The highest BCUT2D eigenvalue weighted by Crippen LogP contribution is 2.36. The zero-order chi connectivity index (χ0) is 25.5. The largest absolute Gasteiger partial charge is 0.480 e.